The van der Waals surface area contributed by atoms with E-state index in [0.29, 0.717) is 17.5 Å². The number of carbonyl (C=O) groups excluding carboxylic acids is 2. The van der Waals surface area contributed by atoms with E-state index >= 15 is 0 Å². The van der Waals surface area contributed by atoms with Gasteiger partial charge in [0.2, 0.25) is 5.91 Å². The van der Waals surface area contributed by atoms with Crippen molar-refractivity contribution in [3.8, 4) is 11.1 Å². The Balaban J connectivity index is 1.36. The molecule has 8 heteroatoms. The van der Waals surface area contributed by atoms with Crippen LogP contribution < -0.4 is 10.6 Å². The summed E-state index contributed by atoms with van der Waals surface area (Å²) in [5.74, 6) is 0.786. The highest BCUT2D eigenvalue weighted by Gasteiger charge is 2.48. The molecule has 3 N–H and O–H groups in total. The third-order valence-electron chi connectivity index (χ3n) is 7.39. The molecule has 2 aromatic heterocycles. The number of aromatic nitrogens is 4. The van der Waals surface area contributed by atoms with Crippen molar-refractivity contribution in [3.63, 3.8) is 0 Å². The van der Waals surface area contributed by atoms with Crippen molar-refractivity contribution in [2.75, 3.05) is 5.32 Å². The molecule has 1 atom stereocenters. The molecule has 0 aliphatic heterocycles. The van der Waals surface area contributed by atoms with E-state index in [4.69, 9.17) is 0 Å². The van der Waals surface area contributed by atoms with Gasteiger partial charge in [-0.25, -0.2) is 0 Å². The molecule has 3 aromatic rings. The fourth-order valence-electron chi connectivity index (χ4n) is 5.25. The van der Waals surface area contributed by atoms with Crippen LogP contribution in [0, 0.1) is 17.8 Å². The Morgan fingerprint density at radius 1 is 1.06 bits per heavy atom. The molecule has 2 aliphatic rings. The lowest BCUT2D eigenvalue weighted by Gasteiger charge is -2.27. The molecule has 2 fully saturated rings. The van der Waals surface area contributed by atoms with Gasteiger partial charge in [0, 0.05) is 30.2 Å². The van der Waals surface area contributed by atoms with Gasteiger partial charge in [-0.3, -0.25) is 19.4 Å². The van der Waals surface area contributed by atoms with Crippen molar-refractivity contribution in [1.82, 2.24) is 25.3 Å². The molecule has 2 saturated carbocycles. The second kappa shape index (κ2) is 9.68. The highest BCUT2D eigenvalue weighted by molar-refractivity contribution is 6.00. The van der Waals surface area contributed by atoms with Crippen molar-refractivity contribution in [2.24, 2.45) is 24.8 Å². The van der Waals surface area contributed by atoms with Gasteiger partial charge in [-0.05, 0) is 80.0 Å². The van der Waals surface area contributed by atoms with Crippen LogP contribution in [0.15, 0.2) is 36.5 Å². The lowest BCUT2D eigenvalue weighted by Crippen LogP contribution is -2.50. The maximum absolute atomic E-state index is 13.6. The van der Waals surface area contributed by atoms with Crippen molar-refractivity contribution in [1.29, 1.82) is 0 Å². The van der Waals surface area contributed by atoms with Crippen LogP contribution in [0.5, 0.6) is 0 Å². The first kappa shape index (κ1) is 23.3. The molecule has 184 valence electrons. The van der Waals surface area contributed by atoms with Crippen LogP contribution in [0.4, 0.5) is 5.69 Å². The molecule has 5 rings (SSSR count). The maximum Gasteiger partial charge on any atom is 0.270 e. The van der Waals surface area contributed by atoms with E-state index < -0.39 is 6.04 Å². The molecule has 8 nitrogen and oxygen atoms in total. The van der Waals surface area contributed by atoms with Crippen molar-refractivity contribution >= 4 is 17.5 Å². The summed E-state index contributed by atoms with van der Waals surface area (Å²) in [6.45, 7) is 4.21. The number of aromatic amines is 1. The first-order chi connectivity index (χ1) is 17.0. The number of H-pyrrole nitrogens is 1. The van der Waals surface area contributed by atoms with Gasteiger partial charge < -0.3 is 10.6 Å². The molecule has 0 spiro atoms. The number of nitrogens with one attached hydrogen (secondary N) is 3. The van der Waals surface area contributed by atoms with Gasteiger partial charge in [0.25, 0.3) is 5.91 Å². The first-order valence-corrected chi connectivity index (χ1v) is 12.8. The van der Waals surface area contributed by atoms with Crippen LogP contribution in [0.25, 0.3) is 11.1 Å². The number of amides is 2. The second-order valence-corrected chi connectivity index (χ2v) is 9.84. The van der Waals surface area contributed by atoms with Crippen molar-refractivity contribution in [2.45, 2.75) is 58.4 Å². The normalized spacial score (nSPS) is 16.3. The molecular weight excluding hydrogens is 440 g/mol. The van der Waals surface area contributed by atoms with Gasteiger partial charge in [0.15, 0.2) is 0 Å². The summed E-state index contributed by atoms with van der Waals surface area (Å²) < 4.78 is 1.54. The minimum Gasteiger partial charge on any atom is -0.339 e. The van der Waals surface area contributed by atoms with Crippen LogP contribution in [-0.4, -0.2) is 37.8 Å². The third-order valence-corrected chi connectivity index (χ3v) is 7.39. The van der Waals surface area contributed by atoms with E-state index in [2.05, 4.69) is 39.8 Å². The fraction of sp³-hybridized carbons (Fsp3) is 0.481. The summed E-state index contributed by atoms with van der Waals surface area (Å²) in [6.07, 6.45) is 7.85. The number of aryl methyl sites for hydroxylation is 3. The Labute approximate surface area is 205 Å². The number of anilines is 1. The molecule has 1 aromatic carbocycles. The molecule has 2 amide bonds. The van der Waals surface area contributed by atoms with Crippen molar-refractivity contribution < 1.29 is 9.59 Å². The topological polar surface area (TPSA) is 105 Å². The summed E-state index contributed by atoms with van der Waals surface area (Å²) in [5, 5.41) is 17.8. The summed E-state index contributed by atoms with van der Waals surface area (Å²) in [6, 6.07) is 9.04. The van der Waals surface area contributed by atoms with Gasteiger partial charge in [0.1, 0.15) is 11.7 Å². The lowest BCUT2D eigenvalue weighted by molar-refractivity contribution is -0.119. The standard InChI is InChI=1S/C27H34N6O2/c1-4-20-24(21(5-2)32-31-20)18-10-12-19(13-11-18)29-27(35)25(23(16-6-7-16)17-8-9-17)30-26(34)22-14-15-28-33(22)3/h10-17,23,25H,4-9H2,1-3H3,(H,29,35)(H,30,34)(H,31,32). The van der Waals surface area contributed by atoms with E-state index in [-0.39, 0.29) is 17.7 Å². The zero-order valence-electron chi connectivity index (χ0n) is 20.7. The van der Waals surface area contributed by atoms with Gasteiger partial charge >= 0.3 is 0 Å². The third kappa shape index (κ3) is 4.88. The Morgan fingerprint density at radius 3 is 2.29 bits per heavy atom. The Hall–Kier alpha value is -3.42. The Kier molecular flexibility index (Phi) is 6.45. The van der Waals surface area contributed by atoms with Gasteiger partial charge in [-0.1, -0.05) is 26.0 Å². The van der Waals surface area contributed by atoms with Crippen LogP contribution in [0.1, 0.15) is 61.4 Å². The quantitative estimate of drug-likeness (QED) is 0.411. The fourth-order valence-corrected chi connectivity index (χ4v) is 5.25. The highest BCUT2D eigenvalue weighted by atomic mass is 16.2. The summed E-state index contributed by atoms with van der Waals surface area (Å²) in [5.41, 5.74) is 5.58. The summed E-state index contributed by atoms with van der Waals surface area (Å²) in [7, 11) is 1.73. The molecule has 1 unspecified atom stereocenters. The SMILES string of the molecule is CCc1n[nH]c(CC)c1-c1ccc(NC(=O)C(NC(=O)c2ccnn2C)C(C2CC2)C2CC2)cc1. The van der Waals surface area contributed by atoms with E-state index in [1.165, 1.54) is 4.68 Å². The Bertz CT molecular complexity index is 1170. The molecule has 0 radical (unpaired) electrons. The van der Waals surface area contributed by atoms with Crippen LogP contribution >= 0.6 is 0 Å². The second-order valence-electron chi connectivity index (χ2n) is 9.84. The molecule has 2 heterocycles. The monoisotopic (exact) mass is 474 g/mol. The average molecular weight is 475 g/mol. The van der Waals surface area contributed by atoms with Crippen molar-refractivity contribution in [3.05, 3.63) is 53.6 Å². The largest absolute Gasteiger partial charge is 0.339 e. The minimum absolute atomic E-state index is 0.149. The average Bonchev–Trinajstić information content (AvgIpc) is 3.79. The number of hydrogen-bond donors (Lipinski definition) is 3. The zero-order chi connectivity index (χ0) is 24.5. The van der Waals surface area contributed by atoms with E-state index in [9.17, 15) is 9.59 Å². The molecular formula is C27H34N6O2. The van der Waals surface area contributed by atoms with Gasteiger partial charge in [-0.2, -0.15) is 10.2 Å². The summed E-state index contributed by atoms with van der Waals surface area (Å²) >= 11 is 0. The number of benzene rings is 1. The number of hydrogen-bond acceptors (Lipinski definition) is 4. The number of rotatable bonds is 10. The summed E-state index contributed by atoms with van der Waals surface area (Å²) in [4.78, 5) is 26.6. The van der Waals surface area contributed by atoms with Gasteiger partial charge in [-0.15, -0.1) is 0 Å². The predicted molar refractivity (Wildman–Crippen MR) is 135 cm³/mol. The zero-order valence-corrected chi connectivity index (χ0v) is 20.7. The first-order valence-electron chi connectivity index (χ1n) is 12.8. The Morgan fingerprint density at radius 2 is 1.74 bits per heavy atom. The highest BCUT2D eigenvalue weighted by Crippen LogP contribution is 2.51. The molecule has 0 bridgehead atoms. The van der Waals surface area contributed by atoms with Gasteiger partial charge in [0.05, 0.1) is 5.69 Å². The van der Waals surface area contributed by atoms with E-state index in [0.717, 1.165) is 66.7 Å². The minimum atomic E-state index is -0.565. The maximum atomic E-state index is 13.6. The molecule has 2 aliphatic carbocycles. The molecule has 0 saturated heterocycles. The molecule has 35 heavy (non-hydrogen) atoms. The number of nitrogens with zero attached hydrogens (tertiary/aromatic N) is 3. The van der Waals surface area contributed by atoms with Crippen LogP contribution in [0.2, 0.25) is 0 Å². The smallest absolute Gasteiger partial charge is 0.270 e. The van der Waals surface area contributed by atoms with Crippen LogP contribution in [0.3, 0.4) is 0 Å². The van der Waals surface area contributed by atoms with E-state index in [1.54, 1.807) is 19.3 Å². The van der Waals surface area contributed by atoms with E-state index in [1.807, 2.05) is 24.3 Å². The van der Waals surface area contributed by atoms with Crippen LogP contribution in [-0.2, 0) is 24.7 Å². The number of carbonyl (C=O) groups is 2. The predicted octanol–water partition coefficient (Wildman–Crippen LogP) is 4.11. The lowest BCUT2D eigenvalue weighted by atomic mass is 9.88.